The Bertz CT molecular complexity index is 3060. The lowest BCUT2D eigenvalue weighted by atomic mass is 10.0. The van der Waals surface area contributed by atoms with Crippen LogP contribution < -0.4 is 50.0 Å². The Balaban J connectivity index is 0.925. The molecule has 0 aliphatic carbocycles. The van der Waals surface area contributed by atoms with Gasteiger partial charge in [-0.05, 0) is 97.8 Å². The summed E-state index contributed by atoms with van der Waals surface area (Å²) < 4.78 is 24.4. The Labute approximate surface area is 430 Å². The van der Waals surface area contributed by atoms with Gasteiger partial charge in [0.25, 0.3) is 11.8 Å². The molecule has 384 valence electrons. The van der Waals surface area contributed by atoms with Gasteiger partial charge >= 0.3 is 0 Å². The van der Waals surface area contributed by atoms with Crippen molar-refractivity contribution in [1.29, 1.82) is 0 Å². The third-order valence-electron chi connectivity index (χ3n) is 13.8. The van der Waals surface area contributed by atoms with Crippen molar-refractivity contribution < 1.29 is 47.7 Å². The molecule has 5 aromatic carbocycles. The summed E-state index contributed by atoms with van der Waals surface area (Å²) in [4.78, 5) is 88.1. The number of aliphatic imine (C=N–C) groups is 1. The summed E-state index contributed by atoms with van der Waals surface area (Å²) in [6.07, 6.45) is 4.82. The van der Waals surface area contributed by atoms with E-state index >= 15 is 0 Å². The van der Waals surface area contributed by atoms with Crippen molar-refractivity contribution in [3.8, 4) is 23.0 Å². The number of hydrogen-bond acceptors (Lipinski definition) is 12. The number of unbranched alkanes of at least 4 members (excludes halogenated alkanes) is 1. The van der Waals surface area contributed by atoms with Crippen LogP contribution in [0.25, 0.3) is 0 Å². The first-order chi connectivity index (χ1) is 35.7. The highest BCUT2D eigenvalue weighted by Crippen LogP contribution is 2.43. The summed E-state index contributed by atoms with van der Waals surface area (Å²) in [6, 6.07) is 25.6. The average Bonchev–Trinajstić information content (AvgIpc) is 3.89. The Morgan fingerprint density at radius 1 is 0.676 bits per heavy atom. The van der Waals surface area contributed by atoms with Crippen LogP contribution >= 0.6 is 0 Å². The lowest BCUT2D eigenvalue weighted by Crippen LogP contribution is -2.50. The van der Waals surface area contributed by atoms with Crippen LogP contribution in [0, 0.1) is 5.92 Å². The zero-order valence-electron chi connectivity index (χ0n) is 42.4. The van der Waals surface area contributed by atoms with Gasteiger partial charge in [-0.2, -0.15) is 0 Å². The van der Waals surface area contributed by atoms with E-state index in [4.69, 9.17) is 23.9 Å². The number of ketones is 1. The zero-order valence-corrected chi connectivity index (χ0v) is 42.4. The second-order valence-corrected chi connectivity index (χ2v) is 19.4. The fraction of sp³-hybridized carbons (Fsp3) is 0.351. The third kappa shape index (κ3) is 10.8. The number of nitrogens with zero attached hydrogens (tertiary/aromatic N) is 3. The summed E-state index contributed by atoms with van der Waals surface area (Å²) in [7, 11) is 3.01. The Kier molecular flexibility index (Phi) is 15.0. The maximum Gasteiger partial charge on any atom is 0.261 e. The van der Waals surface area contributed by atoms with Gasteiger partial charge in [0.1, 0.15) is 31.1 Å². The summed E-state index contributed by atoms with van der Waals surface area (Å²) in [6.45, 7) is 7.28. The highest BCUT2D eigenvalue weighted by Gasteiger charge is 2.39. The van der Waals surface area contributed by atoms with Crippen molar-refractivity contribution in [3.63, 3.8) is 0 Å². The van der Waals surface area contributed by atoms with Crippen LogP contribution in [0.1, 0.15) is 96.3 Å². The van der Waals surface area contributed by atoms with E-state index < -0.39 is 23.9 Å². The number of hydrogen-bond donors (Lipinski definition) is 4. The van der Waals surface area contributed by atoms with Crippen molar-refractivity contribution in [2.24, 2.45) is 10.9 Å². The van der Waals surface area contributed by atoms with Crippen LogP contribution in [0.2, 0.25) is 0 Å². The van der Waals surface area contributed by atoms with Gasteiger partial charge in [-0.15, -0.1) is 0 Å². The van der Waals surface area contributed by atoms with Crippen molar-refractivity contribution in [1.82, 2.24) is 10.6 Å². The van der Waals surface area contributed by atoms with E-state index in [1.165, 1.54) is 28.1 Å². The molecule has 9 rings (SSSR count). The molecule has 5 amide bonds. The Morgan fingerprint density at radius 3 is 1.95 bits per heavy atom. The standard InChI is InChI=1S/C57H61N7O10/c1-32(2)48(65)17-11-12-18-53(66)60-33(3)54(67)61-34(4)55(68)62-39-20-35(30-73-51-26-44-42(24-49(51)71-5)56(69)63-40(28-58-44)22-37-13-7-9-15-46(37)63)19-36(21-39)31-74-52-27-45-43(25-50(52)72-6)57(70)64-41(29-59-45)23-38-14-8-10-16-47(38)64/h7-10,13-16,19-21,24-28,32-34,40-41,59H,11-12,17-18,22-23,29-31H2,1-6H3,(H,60,66)(H,61,67)(H,62,68). The number of fused-ring (bicyclic) bond motifs is 8. The van der Waals surface area contributed by atoms with Crippen molar-refractivity contribution in [2.75, 3.05) is 41.2 Å². The summed E-state index contributed by atoms with van der Waals surface area (Å²) in [5, 5.41) is 11.7. The molecule has 5 aromatic rings. The van der Waals surface area contributed by atoms with Crippen molar-refractivity contribution >= 4 is 70.0 Å². The van der Waals surface area contributed by atoms with E-state index in [1.807, 2.05) is 73.3 Å². The second kappa shape index (κ2) is 21.9. The molecular weight excluding hydrogens is 943 g/mol. The minimum atomic E-state index is -1.01. The topological polar surface area (TPSA) is 206 Å². The minimum Gasteiger partial charge on any atom is -0.493 e. The Morgan fingerprint density at radius 2 is 1.27 bits per heavy atom. The fourth-order valence-corrected chi connectivity index (χ4v) is 9.83. The average molecular weight is 1000 g/mol. The second-order valence-electron chi connectivity index (χ2n) is 19.4. The number of amides is 5. The number of nitrogens with one attached hydrogen (secondary N) is 4. The van der Waals surface area contributed by atoms with Crippen LogP contribution in [-0.4, -0.2) is 86.5 Å². The summed E-state index contributed by atoms with van der Waals surface area (Å²) >= 11 is 0. The van der Waals surface area contributed by atoms with Gasteiger partial charge < -0.3 is 45.1 Å². The van der Waals surface area contributed by atoms with Gasteiger partial charge in [-0.25, -0.2) is 0 Å². The molecule has 0 saturated carbocycles. The molecule has 74 heavy (non-hydrogen) atoms. The SMILES string of the molecule is COc1cc2c(cc1OCc1cc(COc3cc4c(cc3OC)C(=O)N3c5ccccc5CC3CN4)cc(NC(=O)C(C)NC(=O)C(C)NC(=O)CCCCC(=O)C(C)C)c1)N=CC1Cc3ccccc3N1C2=O. The predicted molar refractivity (Wildman–Crippen MR) is 281 cm³/mol. The van der Waals surface area contributed by atoms with E-state index in [9.17, 15) is 28.8 Å². The molecule has 0 radical (unpaired) electrons. The molecule has 4 heterocycles. The van der Waals surface area contributed by atoms with Gasteiger partial charge in [0, 0.05) is 67.1 Å². The largest absolute Gasteiger partial charge is 0.493 e. The van der Waals surface area contributed by atoms with E-state index in [-0.39, 0.29) is 61.1 Å². The zero-order chi connectivity index (χ0) is 52.2. The number of Topliss-reactive ketones (excluding diaryl/α,β-unsaturated/α-hetero) is 1. The van der Waals surface area contributed by atoms with Crippen molar-refractivity contribution in [2.45, 2.75) is 104 Å². The third-order valence-corrected chi connectivity index (χ3v) is 13.8. The molecule has 17 heteroatoms. The molecule has 4 aliphatic rings. The first-order valence-corrected chi connectivity index (χ1v) is 25.1. The van der Waals surface area contributed by atoms with Gasteiger partial charge in [-0.1, -0.05) is 50.2 Å². The normalized spacial score (nSPS) is 16.7. The molecule has 4 N–H and O–H groups in total. The minimum absolute atomic E-state index is 0.000741. The quantitative estimate of drug-likeness (QED) is 0.0586. The smallest absolute Gasteiger partial charge is 0.261 e. The van der Waals surface area contributed by atoms with E-state index in [0.717, 1.165) is 28.9 Å². The van der Waals surface area contributed by atoms with Gasteiger partial charge in [0.2, 0.25) is 17.7 Å². The van der Waals surface area contributed by atoms with E-state index in [1.54, 1.807) is 47.5 Å². The number of rotatable bonds is 19. The number of carbonyl (C=O) groups is 6. The first kappa shape index (κ1) is 50.7. The lowest BCUT2D eigenvalue weighted by molar-refractivity contribution is -0.130. The van der Waals surface area contributed by atoms with Crippen LogP contribution in [0.5, 0.6) is 23.0 Å². The van der Waals surface area contributed by atoms with Gasteiger partial charge in [-0.3, -0.25) is 38.7 Å². The predicted octanol–water partition coefficient (Wildman–Crippen LogP) is 7.88. The molecule has 0 bridgehead atoms. The molecule has 0 fully saturated rings. The Hall–Kier alpha value is -8.21. The maximum absolute atomic E-state index is 14.1. The number of carbonyl (C=O) groups excluding carboxylic acids is 6. The van der Waals surface area contributed by atoms with Crippen LogP contribution in [0.3, 0.4) is 0 Å². The van der Waals surface area contributed by atoms with Gasteiger partial charge in [0.05, 0.1) is 48.8 Å². The van der Waals surface area contributed by atoms with Crippen LogP contribution in [-0.2, 0) is 45.2 Å². The van der Waals surface area contributed by atoms with Crippen LogP contribution in [0.4, 0.5) is 28.4 Å². The molecule has 4 aliphatic heterocycles. The maximum atomic E-state index is 14.1. The number of anilines is 4. The van der Waals surface area contributed by atoms with Crippen LogP contribution in [0.15, 0.2) is 96.0 Å². The van der Waals surface area contributed by atoms with Gasteiger partial charge in [0.15, 0.2) is 23.0 Å². The number of methoxy groups -OCH3 is 2. The first-order valence-electron chi connectivity index (χ1n) is 25.1. The molecule has 0 aromatic heterocycles. The molecular formula is C57H61N7O10. The molecule has 17 nitrogen and oxygen atoms in total. The highest BCUT2D eigenvalue weighted by molar-refractivity contribution is 6.15. The van der Waals surface area contributed by atoms with E-state index in [0.29, 0.717) is 94.5 Å². The lowest BCUT2D eigenvalue weighted by Gasteiger charge is -2.22. The number of ether oxygens (including phenoxy) is 4. The summed E-state index contributed by atoms with van der Waals surface area (Å²) in [5.41, 5.74) is 7.44. The number of benzene rings is 5. The monoisotopic (exact) mass is 1000 g/mol. The molecule has 0 saturated heterocycles. The summed E-state index contributed by atoms with van der Waals surface area (Å²) in [5.74, 6) is -0.251. The highest BCUT2D eigenvalue weighted by atomic mass is 16.5. The molecule has 0 spiro atoms. The van der Waals surface area contributed by atoms with Crippen molar-refractivity contribution in [3.05, 3.63) is 124 Å². The molecule has 4 atom stereocenters. The fourth-order valence-electron chi connectivity index (χ4n) is 9.83. The molecule has 4 unspecified atom stereocenters. The van der Waals surface area contributed by atoms with E-state index in [2.05, 4.69) is 21.3 Å². The number of para-hydroxylation sites is 2.